The lowest BCUT2D eigenvalue weighted by molar-refractivity contribution is 0.0329. The Kier molecular flexibility index (Phi) is 4.76. The van der Waals surface area contributed by atoms with Crippen LogP contribution in [0.25, 0.3) is 0 Å². The monoisotopic (exact) mass is 351 g/mol. The van der Waals surface area contributed by atoms with E-state index in [4.69, 9.17) is 17.3 Å². The molecule has 0 spiro atoms. The average molecular weight is 353 g/mol. The van der Waals surface area contributed by atoms with Gasteiger partial charge in [-0.05, 0) is 47.2 Å². The number of hydrogen-bond acceptors (Lipinski definition) is 3. The second-order valence-electron chi connectivity index (χ2n) is 5.26. The summed E-state index contributed by atoms with van der Waals surface area (Å²) in [6.07, 6.45) is 3.88. The van der Waals surface area contributed by atoms with E-state index in [1.165, 1.54) is 24.2 Å². The van der Waals surface area contributed by atoms with Crippen molar-refractivity contribution < 1.29 is 5.11 Å². The van der Waals surface area contributed by atoms with Gasteiger partial charge in [0, 0.05) is 21.3 Å². The molecule has 0 radical (unpaired) electrons. The van der Waals surface area contributed by atoms with Gasteiger partial charge in [0.05, 0.1) is 6.10 Å². The van der Waals surface area contributed by atoms with Gasteiger partial charge in [-0.3, -0.25) is 0 Å². The predicted octanol–water partition coefficient (Wildman–Crippen LogP) is 4.35. The van der Waals surface area contributed by atoms with Crippen molar-refractivity contribution in [2.45, 2.75) is 38.7 Å². The van der Waals surface area contributed by atoms with Crippen LogP contribution in [-0.2, 0) is 0 Å². The average Bonchev–Trinajstić information content (AvgIpc) is 2.94. The van der Waals surface area contributed by atoms with Crippen molar-refractivity contribution in [3.8, 4) is 0 Å². The summed E-state index contributed by atoms with van der Waals surface area (Å²) in [5, 5.41) is 10.7. The molecule has 3 atom stereocenters. The lowest BCUT2D eigenvalue weighted by atomic mass is 9.78. The molecule has 1 heterocycles. The molecule has 5 heteroatoms. The van der Waals surface area contributed by atoms with Gasteiger partial charge in [0.15, 0.2) is 0 Å². The van der Waals surface area contributed by atoms with Crippen LogP contribution < -0.4 is 5.73 Å². The molecule has 1 aromatic rings. The third kappa shape index (κ3) is 2.63. The topological polar surface area (TPSA) is 46.2 Å². The lowest BCUT2D eigenvalue weighted by Gasteiger charge is -2.32. The molecule has 1 saturated carbocycles. The number of aliphatic hydroxyl groups is 1. The highest BCUT2D eigenvalue weighted by molar-refractivity contribution is 9.10. The molecule has 2 nitrogen and oxygen atoms in total. The smallest absolute Gasteiger partial charge is 0.107 e. The fourth-order valence-corrected chi connectivity index (χ4v) is 4.83. The zero-order chi connectivity index (χ0) is 13.3. The van der Waals surface area contributed by atoms with E-state index in [-0.39, 0.29) is 5.41 Å². The molecule has 0 saturated heterocycles. The largest absolute Gasteiger partial charge is 0.387 e. The Morgan fingerprint density at radius 1 is 1.72 bits per heavy atom. The summed E-state index contributed by atoms with van der Waals surface area (Å²) >= 11 is 10.9. The molecule has 18 heavy (non-hydrogen) atoms. The summed E-state index contributed by atoms with van der Waals surface area (Å²) in [4.78, 5) is 0.925. The van der Waals surface area contributed by atoms with E-state index in [9.17, 15) is 5.11 Å². The van der Waals surface area contributed by atoms with Gasteiger partial charge in [0.2, 0.25) is 0 Å². The van der Waals surface area contributed by atoms with Gasteiger partial charge in [0.1, 0.15) is 4.34 Å². The van der Waals surface area contributed by atoms with Gasteiger partial charge < -0.3 is 10.8 Å². The van der Waals surface area contributed by atoms with E-state index >= 15 is 0 Å². The molecule has 1 aliphatic rings. The first-order valence-electron chi connectivity index (χ1n) is 6.35. The maximum Gasteiger partial charge on any atom is 0.107 e. The number of aliphatic hydroxyl groups excluding tert-OH is 1. The lowest BCUT2D eigenvalue weighted by Crippen LogP contribution is -2.34. The van der Waals surface area contributed by atoms with Crippen LogP contribution in [-0.4, -0.2) is 11.7 Å². The minimum atomic E-state index is -0.493. The summed E-state index contributed by atoms with van der Waals surface area (Å²) in [6, 6.07) is 1.92. The predicted molar refractivity (Wildman–Crippen MR) is 81.1 cm³/mol. The van der Waals surface area contributed by atoms with E-state index in [0.717, 1.165) is 22.2 Å². The van der Waals surface area contributed by atoms with Crippen LogP contribution in [0.3, 0.4) is 0 Å². The molecule has 0 bridgehead atoms. The van der Waals surface area contributed by atoms with Gasteiger partial charge in [-0.15, -0.1) is 11.3 Å². The second kappa shape index (κ2) is 5.80. The maximum absolute atomic E-state index is 10.7. The van der Waals surface area contributed by atoms with Crippen molar-refractivity contribution in [1.82, 2.24) is 0 Å². The zero-order valence-corrected chi connectivity index (χ0v) is 13.6. The second-order valence-corrected chi connectivity index (χ2v) is 7.80. The fraction of sp³-hybridized carbons (Fsp3) is 0.692. The summed E-state index contributed by atoms with van der Waals surface area (Å²) < 4.78 is 1.56. The molecule has 1 aliphatic carbocycles. The van der Waals surface area contributed by atoms with Crippen molar-refractivity contribution in [3.63, 3.8) is 0 Å². The first kappa shape index (κ1) is 14.8. The van der Waals surface area contributed by atoms with Crippen molar-refractivity contribution >= 4 is 38.9 Å². The van der Waals surface area contributed by atoms with Crippen molar-refractivity contribution in [2.75, 3.05) is 6.54 Å². The Morgan fingerprint density at radius 2 is 2.44 bits per heavy atom. The molecule has 2 rings (SSSR count). The third-order valence-corrected chi connectivity index (χ3v) is 6.77. The summed E-state index contributed by atoms with van der Waals surface area (Å²) in [5.74, 6) is 0.696. The molecular formula is C13H19BrClNOS. The van der Waals surface area contributed by atoms with Crippen LogP contribution in [0.15, 0.2) is 10.5 Å². The molecule has 1 aromatic heterocycles. The first-order chi connectivity index (χ1) is 8.52. The standard InChI is InChI=1S/C13H19BrClNOS/c1-2-8-3-4-13(6-8,7-16)11(17)10-5-9(14)12(15)18-10/h5,8,11,17H,2-4,6-7,16H2,1H3. The van der Waals surface area contributed by atoms with Crippen LogP contribution in [0.2, 0.25) is 4.34 Å². The first-order valence-corrected chi connectivity index (χ1v) is 8.34. The zero-order valence-electron chi connectivity index (χ0n) is 10.5. The molecule has 1 fully saturated rings. The van der Waals surface area contributed by atoms with Crippen molar-refractivity contribution in [3.05, 3.63) is 19.8 Å². The van der Waals surface area contributed by atoms with E-state index in [2.05, 4.69) is 22.9 Å². The molecule has 0 amide bonds. The minimum Gasteiger partial charge on any atom is -0.387 e. The molecule has 0 aliphatic heterocycles. The van der Waals surface area contributed by atoms with Crippen LogP contribution in [0.4, 0.5) is 0 Å². The summed E-state index contributed by atoms with van der Waals surface area (Å²) in [5.41, 5.74) is 5.81. The maximum atomic E-state index is 10.7. The SMILES string of the molecule is CCC1CCC(CN)(C(O)c2cc(Br)c(Cl)s2)C1. The highest BCUT2D eigenvalue weighted by atomic mass is 79.9. The van der Waals surface area contributed by atoms with Gasteiger partial charge in [-0.25, -0.2) is 0 Å². The quantitative estimate of drug-likeness (QED) is 0.846. The number of rotatable bonds is 4. The summed E-state index contributed by atoms with van der Waals surface area (Å²) in [7, 11) is 0. The molecule has 102 valence electrons. The van der Waals surface area contributed by atoms with E-state index < -0.39 is 6.10 Å². The summed E-state index contributed by atoms with van der Waals surface area (Å²) in [6.45, 7) is 2.75. The minimum absolute atomic E-state index is 0.158. The Bertz CT molecular complexity index is 406. The normalized spacial score (nSPS) is 29.7. The third-order valence-electron chi connectivity index (χ3n) is 4.24. The molecule has 3 unspecified atom stereocenters. The van der Waals surface area contributed by atoms with Gasteiger partial charge in [0.25, 0.3) is 0 Å². The highest BCUT2D eigenvalue weighted by Gasteiger charge is 2.44. The number of nitrogens with two attached hydrogens (primary N) is 1. The Morgan fingerprint density at radius 3 is 2.89 bits per heavy atom. The highest BCUT2D eigenvalue weighted by Crippen LogP contribution is 2.52. The van der Waals surface area contributed by atoms with Crippen LogP contribution in [0.5, 0.6) is 0 Å². The number of hydrogen-bond donors (Lipinski definition) is 2. The Hall–Kier alpha value is 0.390. The van der Waals surface area contributed by atoms with E-state index in [1.54, 1.807) is 0 Å². The van der Waals surface area contributed by atoms with Crippen LogP contribution in [0, 0.1) is 11.3 Å². The Labute approximate surface area is 126 Å². The van der Waals surface area contributed by atoms with E-state index in [0.29, 0.717) is 16.8 Å². The number of halogens is 2. The molecular weight excluding hydrogens is 334 g/mol. The van der Waals surface area contributed by atoms with Gasteiger partial charge in [-0.1, -0.05) is 24.9 Å². The molecule has 0 aromatic carbocycles. The van der Waals surface area contributed by atoms with Gasteiger partial charge >= 0.3 is 0 Å². The van der Waals surface area contributed by atoms with Crippen molar-refractivity contribution in [1.29, 1.82) is 0 Å². The van der Waals surface area contributed by atoms with Crippen LogP contribution in [0.1, 0.15) is 43.6 Å². The Balaban J connectivity index is 2.22. The van der Waals surface area contributed by atoms with Gasteiger partial charge in [-0.2, -0.15) is 0 Å². The molecule has 3 N–H and O–H groups in total. The fourth-order valence-electron chi connectivity index (χ4n) is 2.96. The van der Waals surface area contributed by atoms with Crippen LogP contribution >= 0.6 is 38.9 Å². The number of thiophene rings is 1. The van der Waals surface area contributed by atoms with E-state index in [1.807, 2.05) is 6.07 Å². The van der Waals surface area contributed by atoms with Crippen molar-refractivity contribution in [2.24, 2.45) is 17.1 Å².